The molecule has 0 aliphatic carbocycles. The first-order chi connectivity index (χ1) is 5.02. The highest BCUT2D eigenvalue weighted by molar-refractivity contribution is 7.99. The Hall–Kier alpha value is -0.130. The van der Waals surface area contributed by atoms with Crippen molar-refractivity contribution in [1.82, 2.24) is 5.32 Å². The molecule has 1 nitrogen and oxygen atoms in total. The summed E-state index contributed by atoms with van der Waals surface area (Å²) in [5, 5.41) is 3.27. The molecule has 1 unspecified atom stereocenters. The molecule has 0 spiro atoms. The van der Waals surface area contributed by atoms with Crippen molar-refractivity contribution in [2.24, 2.45) is 0 Å². The van der Waals surface area contributed by atoms with Gasteiger partial charge in [-0.2, -0.15) is 11.8 Å². The summed E-state index contributed by atoms with van der Waals surface area (Å²) in [5.41, 5.74) is 0. The molecular formula is C9H17NS. The van der Waals surface area contributed by atoms with Gasteiger partial charge in [-0.15, -0.1) is 6.42 Å². The van der Waals surface area contributed by atoms with Gasteiger partial charge in [-0.1, -0.05) is 5.92 Å². The van der Waals surface area contributed by atoms with Crippen LogP contribution < -0.4 is 5.32 Å². The number of hydrogen-bond acceptors (Lipinski definition) is 2. The molecular weight excluding hydrogens is 154 g/mol. The Balaban J connectivity index is 3.63. The van der Waals surface area contributed by atoms with Crippen LogP contribution in [0.4, 0.5) is 0 Å². The Labute approximate surface area is 74.3 Å². The molecule has 0 aromatic heterocycles. The van der Waals surface area contributed by atoms with Gasteiger partial charge in [0.1, 0.15) is 0 Å². The summed E-state index contributed by atoms with van der Waals surface area (Å²) in [6.07, 6.45) is 7.34. The molecule has 0 aliphatic rings. The molecule has 0 aromatic carbocycles. The highest BCUT2D eigenvalue weighted by atomic mass is 32.2. The molecule has 1 N–H and O–H groups in total. The molecule has 0 bridgehead atoms. The first-order valence-electron chi connectivity index (χ1n) is 3.76. The van der Waals surface area contributed by atoms with E-state index < -0.39 is 0 Å². The van der Waals surface area contributed by atoms with Gasteiger partial charge in [-0.05, 0) is 27.0 Å². The average Bonchev–Trinajstić information content (AvgIpc) is 2.00. The summed E-state index contributed by atoms with van der Waals surface area (Å²) in [7, 11) is 0. The van der Waals surface area contributed by atoms with Crippen LogP contribution in [-0.2, 0) is 0 Å². The predicted molar refractivity (Wildman–Crippen MR) is 53.9 cm³/mol. The van der Waals surface area contributed by atoms with Crippen molar-refractivity contribution < 1.29 is 0 Å². The summed E-state index contributed by atoms with van der Waals surface area (Å²) < 4.78 is 0.283. The van der Waals surface area contributed by atoms with E-state index in [4.69, 9.17) is 6.42 Å². The fourth-order valence-corrected chi connectivity index (χ4v) is 0.758. The van der Waals surface area contributed by atoms with Gasteiger partial charge in [0.2, 0.25) is 0 Å². The molecule has 64 valence electrons. The fraction of sp³-hybridized carbons (Fsp3) is 0.778. The predicted octanol–water partition coefficient (Wildman–Crippen LogP) is 1.74. The van der Waals surface area contributed by atoms with Crippen molar-refractivity contribution in [1.29, 1.82) is 0 Å². The molecule has 11 heavy (non-hydrogen) atoms. The Kier molecular flexibility index (Phi) is 4.63. The standard InChI is InChI=1S/C9H17NS/c1-6-8(2)10-7-9(3,4)11-5/h1,8,10H,7H2,2-5H3. The van der Waals surface area contributed by atoms with Gasteiger partial charge in [0, 0.05) is 11.3 Å². The van der Waals surface area contributed by atoms with Crippen molar-refractivity contribution in [2.45, 2.75) is 31.6 Å². The molecule has 0 aromatic rings. The number of nitrogens with one attached hydrogen (secondary N) is 1. The van der Waals surface area contributed by atoms with E-state index in [1.165, 1.54) is 0 Å². The van der Waals surface area contributed by atoms with E-state index >= 15 is 0 Å². The van der Waals surface area contributed by atoms with E-state index in [0.29, 0.717) is 0 Å². The lowest BCUT2D eigenvalue weighted by Crippen LogP contribution is -2.36. The van der Waals surface area contributed by atoms with Gasteiger partial charge in [0.15, 0.2) is 0 Å². The van der Waals surface area contributed by atoms with Crippen LogP contribution in [0.1, 0.15) is 20.8 Å². The van der Waals surface area contributed by atoms with Crippen LogP contribution in [0.5, 0.6) is 0 Å². The van der Waals surface area contributed by atoms with Gasteiger partial charge in [0.05, 0.1) is 6.04 Å². The zero-order valence-electron chi connectivity index (χ0n) is 7.77. The van der Waals surface area contributed by atoms with E-state index in [-0.39, 0.29) is 10.8 Å². The van der Waals surface area contributed by atoms with Crippen molar-refractivity contribution in [3.05, 3.63) is 0 Å². The lowest BCUT2D eigenvalue weighted by Gasteiger charge is -2.23. The van der Waals surface area contributed by atoms with Crippen LogP contribution in [0.2, 0.25) is 0 Å². The van der Waals surface area contributed by atoms with Crippen molar-refractivity contribution in [3.8, 4) is 12.3 Å². The SMILES string of the molecule is C#CC(C)NCC(C)(C)SC. The van der Waals surface area contributed by atoms with Crippen LogP contribution in [0, 0.1) is 12.3 Å². The molecule has 0 aliphatic heterocycles. The largest absolute Gasteiger partial charge is 0.303 e. The molecule has 0 radical (unpaired) electrons. The molecule has 0 saturated heterocycles. The summed E-state index contributed by atoms with van der Waals surface area (Å²) in [4.78, 5) is 0. The number of terminal acetylenes is 1. The monoisotopic (exact) mass is 171 g/mol. The molecule has 0 rings (SSSR count). The van der Waals surface area contributed by atoms with E-state index in [1.807, 2.05) is 18.7 Å². The zero-order chi connectivity index (χ0) is 8.91. The third kappa shape index (κ3) is 5.17. The Morgan fingerprint density at radius 2 is 2.18 bits per heavy atom. The lowest BCUT2D eigenvalue weighted by molar-refractivity contribution is 0.568. The fourth-order valence-electron chi connectivity index (χ4n) is 0.530. The van der Waals surface area contributed by atoms with Crippen molar-refractivity contribution in [2.75, 3.05) is 12.8 Å². The summed E-state index contributed by atoms with van der Waals surface area (Å²) in [5.74, 6) is 2.64. The van der Waals surface area contributed by atoms with Gasteiger partial charge in [-0.3, -0.25) is 0 Å². The number of hydrogen-bond donors (Lipinski definition) is 1. The van der Waals surface area contributed by atoms with Crippen molar-refractivity contribution >= 4 is 11.8 Å². The topological polar surface area (TPSA) is 12.0 Å². The van der Waals surface area contributed by atoms with Gasteiger partial charge in [-0.25, -0.2) is 0 Å². The molecule has 0 amide bonds. The van der Waals surface area contributed by atoms with Crippen LogP contribution >= 0.6 is 11.8 Å². The molecule has 2 heteroatoms. The van der Waals surface area contributed by atoms with Gasteiger partial charge in [0.25, 0.3) is 0 Å². The third-order valence-electron chi connectivity index (χ3n) is 1.64. The first kappa shape index (κ1) is 10.9. The first-order valence-corrected chi connectivity index (χ1v) is 4.99. The van der Waals surface area contributed by atoms with Gasteiger partial charge < -0.3 is 5.32 Å². The summed E-state index contributed by atoms with van der Waals surface area (Å²) in [6, 6.07) is 0.182. The normalized spacial score (nSPS) is 14.1. The average molecular weight is 171 g/mol. The maximum Gasteiger partial charge on any atom is 0.0658 e. The number of rotatable bonds is 4. The zero-order valence-corrected chi connectivity index (χ0v) is 8.59. The van der Waals surface area contributed by atoms with Crippen LogP contribution in [0.15, 0.2) is 0 Å². The second-order valence-corrected chi connectivity index (χ2v) is 4.75. The smallest absolute Gasteiger partial charge is 0.0658 e. The second kappa shape index (κ2) is 4.69. The molecule has 1 atom stereocenters. The Morgan fingerprint density at radius 1 is 1.64 bits per heavy atom. The number of thioether (sulfide) groups is 1. The molecule has 0 saturated carbocycles. The van der Waals surface area contributed by atoms with E-state index in [1.54, 1.807) is 0 Å². The minimum atomic E-state index is 0.182. The van der Waals surface area contributed by atoms with Crippen LogP contribution in [0.3, 0.4) is 0 Å². The molecule has 0 fully saturated rings. The minimum Gasteiger partial charge on any atom is -0.303 e. The minimum absolute atomic E-state index is 0.182. The third-order valence-corrected chi connectivity index (χ3v) is 2.89. The van der Waals surface area contributed by atoms with Crippen LogP contribution in [0.25, 0.3) is 0 Å². The van der Waals surface area contributed by atoms with Gasteiger partial charge >= 0.3 is 0 Å². The maximum atomic E-state index is 5.22. The quantitative estimate of drug-likeness (QED) is 0.647. The Bertz CT molecular complexity index is 146. The highest BCUT2D eigenvalue weighted by Gasteiger charge is 2.15. The van der Waals surface area contributed by atoms with Crippen molar-refractivity contribution in [3.63, 3.8) is 0 Å². The lowest BCUT2D eigenvalue weighted by atomic mass is 10.2. The summed E-state index contributed by atoms with van der Waals surface area (Å²) >= 11 is 1.85. The second-order valence-electron chi connectivity index (χ2n) is 3.23. The van der Waals surface area contributed by atoms with E-state index in [0.717, 1.165) is 6.54 Å². The maximum absolute atomic E-state index is 5.22. The van der Waals surface area contributed by atoms with E-state index in [2.05, 4.69) is 31.3 Å². The molecule has 0 heterocycles. The van der Waals surface area contributed by atoms with Crippen LogP contribution in [-0.4, -0.2) is 23.6 Å². The summed E-state index contributed by atoms with van der Waals surface area (Å²) in [6.45, 7) is 7.36. The Morgan fingerprint density at radius 3 is 2.55 bits per heavy atom. The van der Waals surface area contributed by atoms with E-state index in [9.17, 15) is 0 Å². The highest BCUT2D eigenvalue weighted by Crippen LogP contribution is 2.19.